The van der Waals surface area contributed by atoms with Crippen LogP contribution in [-0.2, 0) is 34.4 Å². The lowest BCUT2D eigenvalue weighted by Gasteiger charge is -2.37. The second-order valence-corrected chi connectivity index (χ2v) is 15.3. The lowest BCUT2D eigenvalue weighted by molar-refractivity contribution is -0.554. The van der Waals surface area contributed by atoms with E-state index in [1.54, 1.807) is 0 Å². The fourth-order valence-electron chi connectivity index (χ4n) is 6.54. The van der Waals surface area contributed by atoms with E-state index in [2.05, 4.69) is 13.8 Å². The molecule has 0 amide bonds. The maximum Gasteiger partial charge on any atom is 0.135 e. The first kappa shape index (κ1) is 54.4. The SMILES string of the molecule is CCCCCCCCCCCCOOOC(COCC(CC(O)CO)(CC(O)CO)OOOCCCCCCCCCCCC)(CC(O)CO)CC(O)CO. The third kappa shape index (κ3) is 31.1. The molecule has 0 aromatic carbocycles. The van der Waals surface area contributed by atoms with Gasteiger partial charge in [-0.05, 0) is 12.8 Å². The zero-order chi connectivity index (χ0) is 40.9. The van der Waals surface area contributed by atoms with Crippen molar-refractivity contribution in [1.82, 2.24) is 0 Å². The molecular formula is C40H82O15. The average Bonchev–Trinajstić information content (AvgIpc) is 3.18. The maximum atomic E-state index is 10.4. The van der Waals surface area contributed by atoms with Crippen LogP contribution in [0, 0.1) is 0 Å². The molecule has 0 heterocycles. The largest absolute Gasteiger partial charge is 0.394 e. The van der Waals surface area contributed by atoms with Crippen molar-refractivity contribution in [2.45, 2.75) is 204 Å². The molecule has 0 bridgehead atoms. The van der Waals surface area contributed by atoms with Crippen molar-refractivity contribution in [3.63, 3.8) is 0 Å². The standard InChI is InChI=1S/C40H82O15/c1-3-5-7-9-11-13-15-17-19-21-23-50-54-52-39(25-35(45)29-41,26-36(46)30-42)33-49-34-40(27-37(47)31-43,28-38(48)32-44)53-55-51-24-22-20-18-16-14-12-10-8-6-4-2/h35-38,41-48H,3-34H2,1-2H3. The number of hydrogen-bond donors (Lipinski definition) is 8. The second-order valence-electron chi connectivity index (χ2n) is 15.3. The molecule has 4 unspecified atom stereocenters. The van der Waals surface area contributed by atoms with Gasteiger partial charge in [0.1, 0.15) is 11.2 Å². The molecule has 0 rings (SSSR count). The summed E-state index contributed by atoms with van der Waals surface area (Å²) < 4.78 is 5.98. The molecule has 0 spiro atoms. The van der Waals surface area contributed by atoms with Gasteiger partial charge in [-0.25, -0.2) is 9.78 Å². The van der Waals surface area contributed by atoms with Crippen molar-refractivity contribution in [1.29, 1.82) is 0 Å². The molecule has 0 radical (unpaired) electrons. The van der Waals surface area contributed by atoms with Gasteiger partial charge in [0.25, 0.3) is 0 Å². The van der Waals surface area contributed by atoms with Gasteiger partial charge in [-0.15, -0.1) is 0 Å². The minimum atomic E-state index is -1.67. The summed E-state index contributed by atoms with van der Waals surface area (Å²) in [6, 6.07) is 0. The Morgan fingerprint density at radius 3 is 0.891 bits per heavy atom. The van der Waals surface area contributed by atoms with Gasteiger partial charge in [0.2, 0.25) is 0 Å². The highest BCUT2D eigenvalue weighted by Gasteiger charge is 2.42. The van der Waals surface area contributed by atoms with Crippen LogP contribution in [0.1, 0.15) is 168 Å². The Hall–Kier alpha value is -0.600. The average molecular weight is 803 g/mol. The van der Waals surface area contributed by atoms with Crippen LogP contribution in [0.25, 0.3) is 0 Å². The first-order chi connectivity index (χ1) is 26.6. The van der Waals surface area contributed by atoms with Gasteiger partial charge in [0, 0.05) is 25.7 Å². The van der Waals surface area contributed by atoms with E-state index in [0.717, 1.165) is 38.5 Å². The molecular weight excluding hydrogens is 720 g/mol. The van der Waals surface area contributed by atoms with Gasteiger partial charge in [0.05, 0.1) is 77.3 Å². The fourth-order valence-corrected chi connectivity index (χ4v) is 6.54. The molecule has 15 nitrogen and oxygen atoms in total. The molecule has 0 saturated heterocycles. The van der Waals surface area contributed by atoms with E-state index in [4.69, 9.17) is 34.4 Å². The smallest absolute Gasteiger partial charge is 0.135 e. The van der Waals surface area contributed by atoms with E-state index in [0.29, 0.717) is 12.8 Å². The topological polar surface area (TPSA) is 226 Å². The molecule has 332 valence electrons. The van der Waals surface area contributed by atoms with Gasteiger partial charge in [-0.3, -0.25) is 0 Å². The summed E-state index contributed by atoms with van der Waals surface area (Å²) >= 11 is 0. The number of rotatable bonds is 44. The highest BCUT2D eigenvalue weighted by molar-refractivity contribution is 4.89. The minimum Gasteiger partial charge on any atom is -0.394 e. The Labute approximate surface area is 331 Å². The Balaban J connectivity index is 5.36. The van der Waals surface area contributed by atoms with Gasteiger partial charge >= 0.3 is 0 Å². The highest BCUT2D eigenvalue weighted by atomic mass is 17.5. The third-order valence-electron chi connectivity index (χ3n) is 9.68. The van der Waals surface area contributed by atoms with E-state index >= 15 is 0 Å². The third-order valence-corrected chi connectivity index (χ3v) is 9.68. The van der Waals surface area contributed by atoms with Crippen molar-refractivity contribution in [2.24, 2.45) is 0 Å². The Bertz CT molecular complexity index is 710. The normalized spacial score (nSPS) is 16.5. The van der Waals surface area contributed by atoms with Crippen LogP contribution in [0.4, 0.5) is 0 Å². The van der Waals surface area contributed by atoms with E-state index in [1.165, 1.54) is 77.0 Å². The van der Waals surface area contributed by atoms with E-state index < -0.39 is 75.3 Å². The summed E-state index contributed by atoms with van der Waals surface area (Å²) in [5.74, 6) is 0. The van der Waals surface area contributed by atoms with Crippen molar-refractivity contribution in [3.05, 3.63) is 0 Å². The minimum absolute atomic E-state index is 0.212. The summed E-state index contributed by atoms with van der Waals surface area (Å²) in [5, 5.41) is 90.4. The monoisotopic (exact) mass is 803 g/mol. The van der Waals surface area contributed by atoms with Crippen molar-refractivity contribution in [2.75, 3.05) is 52.9 Å². The number of unbranched alkanes of at least 4 members (excludes halogenated alkanes) is 18. The van der Waals surface area contributed by atoms with Gasteiger partial charge in [-0.1, -0.05) is 139 Å². The van der Waals surface area contributed by atoms with E-state index in [1.807, 2.05) is 0 Å². The van der Waals surface area contributed by atoms with Crippen LogP contribution in [0.15, 0.2) is 0 Å². The first-order valence-electron chi connectivity index (χ1n) is 21.3. The predicted molar refractivity (Wildman–Crippen MR) is 207 cm³/mol. The summed E-state index contributed by atoms with van der Waals surface area (Å²) in [6.45, 7) is 1.37. The Morgan fingerprint density at radius 1 is 0.382 bits per heavy atom. The molecule has 0 aliphatic heterocycles. The van der Waals surface area contributed by atoms with Gasteiger partial charge in [0.15, 0.2) is 0 Å². The molecule has 8 N–H and O–H groups in total. The van der Waals surface area contributed by atoms with Crippen molar-refractivity contribution < 1.29 is 75.2 Å². The summed E-state index contributed by atoms with van der Waals surface area (Å²) in [5.41, 5.74) is -3.35. The summed E-state index contributed by atoms with van der Waals surface area (Å²) in [4.78, 5) is 21.7. The van der Waals surface area contributed by atoms with Crippen LogP contribution >= 0.6 is 0 Å². The first-order valence-corrected chi connectivity index (χ1v) is 21.3. The zero-order valence-electron chi connectivity index (χ0n) is 34.4. The number of aliphatic hydroxyl groups excluding tert-OH is 8. The van der Waals surface area contributed by atoms with Crippen LogP contribution in [0.3, 0.4) is 0 Å². The molecule has 0 saturated carbocycles. The molecule has 4 atom stereocenters. The van der Waals surface area contributed by atoms with Crippen LogP contribution in [0.5, 0.6) is 0 Å². The fraction of sp³-hybridized carbons (Fsp3) is 1.00. The van der Waals surface area contributed by atoms with E-state index in [-0.39, 0.29) is 38.9 Å². The van der Waals surface area contributed by atoms with E-state index in [9.17, 15) is 40.9 Å². The molecule has 0 aromatic heterocycles. The summed E-state index contributed by atoms with van der Waals surface area (Å²) in [6.07, 6.45) is 16.2. The number of ether oxygens (including phenoxy) is 1. The molecule has 0 aliphatic carbocycles. The zero-order valence-corrected chi connectivity index (χ0v) is 34.4. The Morgan fingerprint density at radius 2 is 0.636 bits per heavy atom. The maximum absolute atomic E-state index is 10.4. The molecule has 15 heteroatoms. The van der Waals surface area contributed by atoms with Crippen LogP contribution in [0.2, 0.25) is 0 Å². The van der Waals surface area contributed by atoms with Crippen molar-refractivity contribution >= 4 is 0 Å². The highest BCUT2D eigenvalue weighted by Crippen LogP contribution is 2.30. The summed E-state index contributed by atoms with van der Waals surface area (Å²) in [7, 11) is 0. The molecule has 0 aliphatic rings. The van der Waals surface area contributed by atoms with Crippen LogP contribution in [-0.4, -0.2) is 129 Å². The molecule has 55 heavy (non-hydrogen) atoms. The second kappa shape index (κ2) is 37.7. The van der Waals surface area contributed by atoms with Crippen LogP contribution < -0.4 is 0 Å². The molecule has 0 aromatic rings. The predicted octanol–water partition coefficient (Wildman–Crippen LogP) is 5.06. The lowest BCUT2D eigenvalue weighted by Crippen LogP contribution is -2.49. The van der Waals surface area contributed by atoms with Gasteiger partial charge in [-0.2, -0.15) is 9.78 Å². The lowest BCUT2D eigenvalue weighted by atomic mass is 9.89. The Kier molecular flexibility index (Phi) is 37.2. The quantitative estimate of drug-likeness (QED) is 0.0229. The number of hydrogen-bond acceptors (Lipinski definition) is 15. The molecule has 0 fully saturated rings. The van der Waals surface area contributed by atoms with Gasteiger partial charge < -0.3 is 45.6 Å². The number of aliphatic hydroxyl groups is 8. The van der Waals surface area contributed by atoms with Crippen molar-refractivity contribution in [3.8, 4) is 0 Å².